The van der Waals surface area contributed by atoms with E-state index in [1.165, 1.54) is 6.42 Å². The van der Waals surface area contributed by atoms with Gasteiger partial charge in [-0.3, -0.25) is 4.79 Å². The van der Waals surface area contributed by atoms with E-state index in [1.807, 2.05) is 4.90 Å². The van der Waals surface area contributed by atoms with Gasteiger partial charge in [-0.1, -0.05) is 0 Å². The molecule has 3 amide bonds. The summed E-state index contributed by atoms with van der Waals surface area (Å²) in [6.45, 7) is 2.90. The van der Waals surface area contributed by atoms with Crippen LogP contribution in [0.1, 0.15) is 36.5 Å². The highest BCUT2D eigenvalue weighted by Gasteiger charge is 2.23. The Balaban J connectivity index is 2.08. The van der Waals surface area contributed by atoms with Gasteiger partial charge < -0.3 is 16.0 Å². The van der Waals surface area contributed by atoms with Crippen LogP contribution in [0.25, 0.3) is 0 Å². The summed E-state index contributed by atoms with van der Waals surface area (Å²) in [7, 11) is 0. The van der Waals surface area contributed by atoms with E-state index in [-0.39, 0.29) is 5.91 Å². The molecule has 0 radical (unpaired) electrons. The molecule has 1 aliphatic rings. The van der Waals surface area contributed by atoms with Gasteiger partial charge in [0.2, 0.25) is 0 Å². The van der Waals surface area contributed by atoms with Crippen molar-refractivity contribution in [2.24, 2.45) is 5.73 Å². The third-order valence-corrected chi connectivity index (χ3v) is 3.46. The van der Waals surface area contributed by atoms with Gasteiger partial charge in [-0.2, -0.15) is 0 Å². The number of amides is 3. The summed E-state index contributed by atoms with van der Waals surface area (Å²) >= 11 is 0. The van der Waals surface area contributed by atoms with Crippen molar-refractivity contribution in [1.29, 1.82) is 0 Å². The van der Waals surface area contributed by atoms with Crippen molar-refractivity contribution in [3.8, 4) is 0 Å². The molecule has 1 saturated heterocycles. The standard InChI is InChI=1S/C14H19N3O2/c1-10-4-2-3-9-17(10)13(18)11-5-7-12(8-6-11)16-14(15)19/h5-8,10H,2-4,9H2,1H3,(H3,15,16,19). The lowest BCUT2D eigenvalue weighted by Gasteiger charge is -2.33. The van der Waals surface area contributed by atoms with E-state index in [4.69, 9.17) is 5.73 Å². The van der Waals surface area contributed by atoms with E-state index < -0.39 is 6.03 Å². The molecule has 0 spiro atoms. The van der Waals surface area contributed by atoms with Crippen molar-refractivity contribution < 1.29 is 9.59 Å². The van der Waals surface area contributed by atoms with Crippen LogP contribution in [0, 0.1) is 0 Å². The molecule has 5 nitrogen and oxygen atoms in total. The first kappa shape index (κ1) is 13.4. The van der Waals surface area contributed by atoms with E-state index >= 15 is 0 Å². The van der Waals surface area contributed by atoms with Gasteiger partial charge in [-0.25, -0.2) is 4.79 Å². The van der Waals surface area contributed by atoms with Crippen LogP contribution >= 0.6 is 0 Å². The second kappa shape index (κ2) is 5.73. The largest absolute Gasteiger partial charge is 0.351 e. The molecule has 1 aromatic carbocycles. The van der Waals surface area contributed by atoms with Gasteiger partial charge in [0, 0.05) is 23.8 Å². The molecule has 1 aliphatic heterocycles. The molecular weight excluding hydrogens is 242 g/mol. The molecule has 1 heterocycles. The Bertz CT molecular complexity index is 470. The molecule has 1 fully saturated rings. The fourth-order valence-electron chi connectivity index (χ4n) is 2.40. The predicted octanol–water partition coefficient (Wildman–Crippen LogP) is 2.19. The summed E-state index contributed by atoms with van der Waals surface area (Å²) in [5.74, 6) is 0.0535. The number of primary amides is 1. The van der Waals surface area contributed by atoms with Gasteiger partial charge in [0.05, 0.1) is 0 Å². The van der Waals surface area contributed by atoms with Gasteiger partial charge in [0.15, 0.2) is 0 Å². The van der Waals surface area contributed by atoms with Gasteiger partial charge in [-0.05, 0) is 50.5 Å². The number of nitrogens with two attached hydrogens (primary N) is 1. The van der Waals surface area contributed by atoms with Crippen molar-refractivity contribution >= 4 is 17.6 Å². The molecule has 0 aliphatic carbocycles. The fraction of sp³-hybridized carbons (Fsp3) is 0.429. The second-order valence-electron chi connectivity index (χ2n) is 4.91. The van der Waals surface area contributed by atoms with E-state index in [2.05, 4.69) is 12.2 Å². The van der Waals surface area contributed by atoms with Crippen molar-refractivity contribution in [1.82, 2.24) is 4.90 Å². The Labute approximate surface area is 112 Å². The second-order valence-corrected chi connectivity index (χ2v) is 4.91. The Kier molecular flexibility index (Phi) is 4.04. The predicted molar refractivity (Wildman–Crippen MR) is 74.0 cm³/mol. The van der Waals surface area contributed by atoms with Crippen molar-refractivity contribution in [2.45, 2.75) is 32.2 Å². The average Bonchev–Trinajstić information content (AvgIpc) is 2.39. The molecule has 1 atom stereocenters. The zero-order chi connectivity index (χ0) is 13.8. The number of nitrogens with zero attached hydrogens (tertiary/aromatic N) is 1. The highest BCUT2D eigenvalue weighted by molar-refractivity contribution is 5.95. The number of piperidine rings is 1. The zero-order valence-corrected chi connectivity index (χ0v) is 11.1. The van der Waals surface area contributed by atoms with Gasteiger partial charge in [0.1, 0.15) is 0 Å². The van der Waals surface area contributed by atoms with Crippen LogP contribution in [0.3, 0.4) is 0 Å². The minimum Gasteiger partial charge on any atom is -0.351 e. The monoisotopic (exact) mass is 261 g/mol. The van der Waals surface area contributed by atoms with Crippen molar-refractivity contribution in [2.75, 3.05) is 11.9 Å². The summed E-state index contributed by atoms with van der Waals surface area (Å²) in [6.07, 6.45) is 3.32. The third-order valence-electron chi connectivity index (χ3n) is 3.46. The smallest absolute Gasteiger partial charge is 0.316 e. The Hall–Kier alpha value is -2.04. The number of benzene rings is 1. The maximum Gasteiger partial charge on any atom is 0.316 e. The molecule has 1 aromatic rings. The summed E-state index contributed by atoms with van der Waals surface area (Å²) in [5.41, 5.74) is 6.27. The summed E-state index contributed by atoms with van der Waals surface area (Å²) < 4.78 is 0. The SMILES string of the molecule is CC1CCCCN1C(=O)c1ccc(NC(N)=O)cc1. The number of carbonyl (C=O) groups excluding carboxylic acids is 2. The average molecular weight is 261 g/mol. The number of hydrogen-bond acceptors (Lipinski definition) is 2. The lowest BCUT2D eigenvalue weighted by molar-refractivity contribution is 0.0635. The first-order chi connectivity index (χ1) is 9.08. The molecule has 5 heteroatoms. The maximum atomic E-state index is 12.4. The van der Waals surface area contributed by atoms with Crippen molar-refractivity contribution in [3.63, 3.8) is 0 Å². The first-order valence-corrected chi connectivity index (χ1v) is 6.55. The van der Waals surface area contributed by atoms with Crippen LogP contribution in [-0.4, -0.2) is 29.4 Å². The lowest BCUT2D eigenvalue weighted by Crippen LogP contribution is -2.42. The fourth-order valence-corrected chi connectivity index (χ4v) is 2.40. The number of urea groups is 1. The first-order valence-electron chi connectivity index (χ1n) is 6.55. The lowest BCUT2D eigenvalue weighted by atomic mass is 10.0. The van der Waals surface area contributed by atoms with Crippen LogP contribution < -0.4 is 11.1 Å². The number of rotatable bonds is 2. The van der Waals surface area contributed by atoms with Crippen LogP contribution in [0.4, 0.5) is 10.5 Å². The third kappa shape index (κ3) is 3.24. The van der Waals surface area contributed by atoms with Crippen LogP contribution in [-0.2, 0) is 0 Å². The topological polar surface area (TPSA) is 75.4 Å². The molecule has 2 rings (SSSR count). The molecule has 0 saturated carbocycles. The minimum atomic E-state index is -0.608. The van der Waals surface area contributed by atoms with E-state index in [1.54, 1.807) is 24.3 Å². The molecular formula is C14H19N3O2. The Morgan fingerprint density at radius 1 is 1.26 bits per heavy atom. The number of likely N-dealkylation sites (tertiary alicyclic amines) is 1. The quantitative estimate of drug-likeness (QED) is 0.856. The molecule has 0 bridgehead atoms. The normalized spacial score (nSPS) is 19.0. The van der Waals surface area contributed by atoms with E-state index in [0.29, 0.717) is 17.3 Å². The van der Waals surface area contributed by atoms with Gasteiger partial charge in [0.25, 0.3) is 5.91 Å². The molecule has 102 valence electrons. The zero-order valence-electron chi connectivity index (χ0n) is 11.1. The van der Waals surface area contributed by atoms with Crippen LogP contribution in [0.2, 0.25) is 0 Å². The maximum absolute atomic E-state index is 12.4. The number of nitrogens with one attached hydrogen (secondary N) is 1. The highest BCUT2D eigenvalue weighted by Crippen LogP contribution is 2.20. The Morgan fingerprint density at radius 2 is 1.95 bits per heavy atom. The number of hydrogen-bond donors (Lipinski definition) is 2. The molecule has 19 heavy (non-hydrogen) atoms. The molecule has 0 aromatic heterocycles. The van der Waals surface area contributed by atoms with Gasteiger partial charge in [-0.15, -0.1) is 0 Å². The summed E-state index contributed by atoms with van der Waals surface area (Å²) in [6, 6.07) is 6.50. The molecule has 3 N–H and O–H groups in total. The van der Waals surface area contributed by atoms with Crippen LogP contribution in [0.15, 0.2) is 24.3 Å². The summed E-state index contributed by atoms with van der Waals surface area (Å²) in [4.78, 5) is 25.0. The minimum absolute atomic E-state index is 0.0535. The van der Waals surface area contributed by atoms with Gasteiger partial charge >= 0.3 is 6.03 Å². The summed E-state index contributed by atoms with van der Waals surface area (Å²) in [5, 5.41) is 2.47. The van der Waals surface area contributed by atoms with Crippen molar-refractivity contribution in [3.05, 3.63) is 29.8 Å². The van der Waals surface area contributed by atoms with E-state index in [9.17, 15) is 9.59 Å². The number of carbonyl (C=O) groups is 2. The highest BCUT2D eigenvalue weighted by atomic mass is 16.2. The Morgan fingerprint density at radius 3 is 2.53 bits per heavy atom. The van der Waals surface area contributed by atoms with E-state index in [0.717, 1.165) is 19.4 Å². The molecule has 1 unspecified atom stereocenters. The number of anilines is 1. The van der Waals surface area contributed by atoms with Crippen LogP contribution in [0.5, 0.6) is 0 Å².